The van der Waals surface area contributed by atoms with Crippen molar-refractivity contribution in [1.29, 1.82) is 0 Å². The molecule has 0 radical (unpaired) electrons. The summed E-state index contributed by atoms with van der Waals surface area (Å²) in [6, 6.07) is 13.8. The molecule has 0 saturated heterocycles. The molecule has 35 heavy (non-hydrogen) atoms. The average Bonchev–Trinajstić information content (AvgIpc) is 2.82. The van der Waals surface area contributed by atoms with Crippen LogP contribution in [0.15, 0.2) is 53.0 Å². The van der Waals surface area contributed by atoms with E-state index in [4.69, 9.17) is 4.74 Å². The molecule has 2 amide bonds. The largest absolute Gasteiger partial charge is 0.495 e. The van der Waals surface area contributed by atoms with Crippen molar-refractivity contribution in [2.24, 2.45) is 0 Å². The fraction of sp³-hybridized carbons (Fsp3) is 0.440. The summed E-state index contributed by atoms with van der Waals surface area (Å²) in [5.41, 5.74) is 1.30. The predicted octanol–water partition coefficient (Wildman–Crippen LogP) is 3.95. The summed E-state index contributed by atoms with van der Waals surface area (Å²) in [5, 5.41) is 2.85. The van der Waals surface area contributed by atoms with E-state index in [9.17, 15) is 18.0 Å². The Balaban J connectivity index is 2.18. The number of hydrogen-bond acceptors (Lipinski definition) is 5. The highest BCUT2D eigenvalue weighted by molar-refractivity contribution is 9.10. The summed E-state index contributed by atoms with van der Waals surface area (Å²) in [6.07, 6.45) is 2.28. The minimum Gasteiger partial charge on any atom is -0.495 e. The van der Waals surface area contributed by atoms with E-state index in [2.05, 4.69) is 21.2 Å². The molecule has 0 fully saturated rings. The third-order valence-corrected chi connectivity index (χ3v) is 7.14. The van der Waals surface area contributed by atoms with Gasteiger partial charge in [-0.1, -0.05) is 47.1 Å². The minimum atomic E-state index is -3.60. The van der Waals surface area contributed by atoms with Crippen molar-refractivity contribution < 1.29 is 22.7 Å². The van der Waals surface area contributed by atoms with Crippen LogP contribution in [0, 0.1) is 0 Å². The van der Waals surface area contributed by atoms with E-state index in [0.29, 0.717) is 18.0 Å². The van der Waals surface area contributed by atoms with Crippen LogP contribution in [0.1, 0.15) is 38.7 Å². The van der Waals surface area contributed by atoms with Crippen LogP contribution in [-0.2, 0) is 26.2 Å². The highest BCUT2D eigenvalue weighted by Gasteiger charge is 2.27. The molecule has 0 aliphatic rings. The first kappa shape index (κ1) is 28.6. The molecule has 2 rings (SSSR count). The van der Waals surface area contributed by atoms with Crippen molar-refractivity contribution in [2.75, 3.05) is 30.8 Å². The quantitative estimate of drug-likeness (QED) is 0.395. The number of nitrogens with one attached hydrogen (secondary N) is 1. The van der Waals surface area contributed by atoms with Crippen LogP contribution < -0.4 is 14.4 Å². The van der Waals surface area contributed by atoms with Crippen molar-refractivity contribution in [3.05, 3.63) is 58.6 Å². The molecule has 0 aliphatic carbocycles. The molecule has 0 spiro atoms. The Kier molecular flexibility index (Phi) is 11.0. The number of carbonyl (C=O) groups excluding carboxylic acids is 2. The van der Waals surface area contributed by atoms with Gasteiger partial charge in [0.15, 0.2) is 0 Å². The lowest BCUT2D eigenvalue weighted by atomic mass is 10.1. The van der Waals surface area contributed by atoms with Crippen molar-refractivity contribution in [2.45, 2.75) is 45.7 Å². The topological polar surface area (TPSA) is 96.0 Å². The van der Waals surface area contributed by atoms with E-state index in [-0.39, 0.29) is 37.7 Å². The summed E-state index contributed by atoms with van der Waals surface area (Å²) in [4.78, 5) is 27.5. The minimum absolute atomic E-state index is 0.0839. The summed E-state index contributed by atoms with van der Waals surface area (Å²) in [5.74, 6) is -0.0127. The first-order valence-electron chi connectivity index (χ1n) is 11.5. The smallest absolute Gasteiger partial charge is 0.242 e. The van der Waals surface area contributed by atoms with Gasteiger partial charge in [-0.05, 0) is 49.6 Å². The van der Waals surface area contributed by atoms with Crippen molar-refractivity contribution in [3.8, 4) is 5.75 Å². The fourth-order valence-electron chi connectivity index (χ4n) is 3.63. The van der Waals surface area contributed by atoms with E-state index in [1.807, 2.05) is 31.2 Å². The summed E-state index contributed by atoms with van der Waals surface area (Å²) in [7, 11) is -2.12. The average molecular weight is 569 g/mol. The predicted molar refractivity (Wildman–Crippen MR) is 142 cm³/mol. The second-order valence-corrected chi connectivity index (χ2v) is 11.1. The van der Waals surface area contributed by atoms with E-state index in [1.54, 1.807) is 36.1 Å². The number of para-hydroxylation sites is 2. The molecule has 10 heteroatoms. The number of ether oxygens (including phenoxy) is 1. The molecule has 0 unspecified atom stereocenters. The van der Waals surface area contributed by atoms with Gasteiger partial charge in [-0.15, -0.1) is 0 Å². The van der Waals surface area contributed by atoms with Gasteiger partial charge in [0, 0.05) is 30.5 Å². The Bertz CT molecular complexity index is 1110. The third kappa shape index (κ3) is 8.54. The first-order valence-corrected chi connectivity index (χ1v) is 14.1. The highest BCUT2D eigenvalue weighted by Crippen LogP contribution is 2.29. The Morgan fingerprint density at radius 3 is 2.49 bits per heavy atom. The number of carbonyl (C=O) groups is 2. The molecular formula is C25H34BrN3O5S. The Morgan fingerprint density at radius 2 is 1.86 bits per heavy atom. The maximum atomic E-state index is 13.3. The zero-order valence-corrected chi connectivity index (χ0v) is 23.1. The second-order valence-electron chi connectivity index (χ2n) is 8.23. The summed E-state index contributed by atoms with van der Waals surface area (Å²) < 4.78 is 32.4. The maximum absolute atomic E-state index is 13.3. The lowest BCUT2D eigenvalue weighted by Crippen LogP contribution is -2.47. The molecule has 2 aromatic carbocycles. The summed E-state index contributed by atoms with van der Waals surface area (Å²) >= 11 is 3.44. The lowest BCUT2D eigenvalue weighted by molar-refractivity contribution is -0.140. The molecule has 1 atom stereocenters. The number of methoxy groups -OCH3 is 1. The van der Waals surface area contributed by atoms with Gasteiger partial charge in [0.2, 0.25) is 21.8 Å². The van der Waals surface area contributed by atoms with Gasteiger partial charge in [-0.2, -0.15) is 0 Å². The third-order valence-electron chi connectivity index (χ3n) is 5.46. The highest BCUT2D eigenvalue weighted by atomic mass is 79.9. The first-order chi connectivity index (χ1) is 16.6. The van der Waals surface area contributed by atoms with Crippen LogP contribution in [0.25, 0.3) is 0 Å². The van der Waals surface area contributed by atoms with Crippen molar-refractivity contribution >= 4 is 43.5 Å². The van der Waals surface area contributed by atoms with Gasteiger partial charge in [0.25, 0.3) is 0 Å². The van der Waals surface area contributed by atoms with Gasteiger partial charge >= 0.3 is 0 Å². The molecule has 1 N–H and O–H groups in total. The van der Waals surface area contributed by atoms with Crippen LogP contribution >= 0.6 is 15.9 Å². The zero-order chi connectivity index (χ0) is 26.0. The summed E-state index contributed by atoms with van der Waals surface area (Å²) in [6.45, 7) is 4.57. The monoisotopic (exact) mass is 567 g/mol. The van der Waals surface area contributed by atoms with Crippen LogP contribution in [0.5, 0.6) is 5.75 Å². The van der Waals surface area contributed by atoms with Crippen molar-refractivity contribution in [1.82, 2.24) is 10.2 Å². The molecule has 0 saturated carbocycles. The van der Waals surface area contributed by atoms with Gasteiger partial charge < -0.3 is 15.0 Å². The van der Waals surface area contributed by atoms with E-state index < -0.39 is 16.1 Å². The van der Waals surface area contributed by atoms with Crippen LogP contribution in [-0.4, -0.2) is 57.6 Å². The van der Waals surface area contributed by atoms with Crippen LogP contribution in [0.3, 0.4) is 0 Å². The number of amides is 2. The maximum Gasteiger partial charge on any atom is 0.242 e. The normalized spacial score (nSPS) is 12.0. The SMILES string of the molecule is CCCNC(=O)[C@H](C)N(Cc1cccc(Br)c1)C(=O)CCCN(c1ccccc1OC)S(C)(=O)=O. The van der Waals surface area contributed by atoms with E-state index in [1.165, 1.54) is 11.4 Å². The van der Waals surface area contributed by atoms with Crippen LogP contribution in [0.4, 0.5) is 5.69 Å². The number of hydrogen-bond donors (Lipinski definition) is 1. The van der Waals surface area contributed by atoms with Crippen molar-refractivity contribution in [3.63, 3.8) is 0 Å². The lowest BCUT2D eigenvalue weighted by Gasteiger charge is -2.29. The molecular weight excluding hydrogens is 534 g/mol. The van der Waals surface area contributed by atoms with Gasteiger partial charge in [0.05, 0.1) is 19.1 Å². The number of halogens is 1. The van der Waals surface area contributed by atoms with Gasteiger partial charge in [-0.25, -0.2) is 8.42 Å². The molecule has 2 aromatic rings. The number of nitrogens with zero attached hydrogens (tertiary/aromatic N) is 2. The number of anilines is 1. The Hall–Kier alpha value is -2.59. The number of rotatable bonds is 13. The number of benzene rings is 2. The fourth-order valence-corrected chi connectivity index (χ4v) is 5.04. The zero-order valence-electron chi connectivity index (χ0n) is 20.7. The van der Waals surface area contributed by atoms with Crippen LogP contribution in [0.2, 0.25) is 0 Å². The van der Waals surface area contributed by atoms with Gasteiger partial charge in [0.1, 0.15) is 11.8 Å². The van der Waals surface area contributed by atoms with E-state index in [0.717, 1.165) is 22.7 Å². The standard InChI is InChI=1S/C25H34BrN3O5S/c1-5-15-27-25(31)19(2)28(18-20-10-8-11-21(26)17-20)24(30)14-9-16-29(35(4,32)33)22-12-6-7-13-23(22)34-3/h6-8,10-13,17,19H,5,9,14-16,18H2,1-4H3,(H,27,31)/t19-/m0/s1. The molecule has 192 valence electrons. The number of sulfonamides is 1. The molecule has 0 aromatic heterocycles. The van der Waals surface area contributed by atoms with Gasteiger partial charge in [-0.3, -0.25) is 13.9 Å². The Labute approximate surface area is 216 Å². The Morgan fingerprint density at radius 1 is 1.14 bits per heavy atom. The molecule has 0 aliphatic heterocycles. The molecule has 8 nitrogen and oxygen atoms in total. The second kappa shape index (κ2) is 13.5. The molecule has 0 bridgehead atoms. The van der Waals surface area contributed by atoms with E-state index >= 15 is 0 Å². The molecule has 0 heterocycles.